The Morgan fingerprint density at radius 2 is 2.00 bits per heavy atom. The molecule has 1 aliphatic heterocycles. The number of rotatable bonds is 6. The molecule has 0 saturated carbocycles. The number of hydrogen-bond acceptors (Lipinski definition) is 5. The molecule has 2 aromatic heterocycles. The highest BCUT2D eigenvalue weighted by molar-refractivity contribution is 5.96. The van der Waals surface area contributed by atoms with E-state index in [1.165, 1.54) is 11.1 Å². The molecule has 0 radical (unpaired) electrons. The molecular weight excluding hydrogens is 373 g/mol. The average Bonchev–Trinajstić information content (AvgIpc) is 3.03. The van der Waals surface area contributed by atoms with Crippen LogP contribution in [0.4, 0.5) is 13.2 Å². The highest BCUT2D eigenvalue weighted by atomic mass is 19.4. The SMILES string of the molecule is CC(C)Cn1ncc2cc(C(=O)NCC(N3CCNCC3)C(F)(F)F)cnc21. The predicted molar refractivity (Wildman–Crippen MR) is 99.0 cm³/mol. The molecule has 1 atom stereocenters. The number of alkyl halides is 3. The molecule has 0 bridgehead atoms. The first-order chi connectivity index (χ1) is 13.3. The van der Waals surface area contributed by atoms with Gasteiger partial charge in [-0.3, -0.25) is 9.69 Å². The second-order valence-electron chi connectivity index (χ2n) is 7.41. The van der Waals surface area contributed by atoms with Crippen LogP contribution < -0.4 is 10.6 Å². The molecular formula is C18H25F3N6O. The summed E-state index contributed by atoms with van der Waals surface area (Å²) in [5.74, 6) is -0.187. The van der Waals surface area contributed by atoms with Crippen molar-refractivity contribution >= 4 is 16.9 Å². The maximum absolute atomic E-state index is 13.4. The monoisotopic (exact) mass is 398 g/mol. The van der Waals surface area contributed by atoms with E-state index in [2.05, 4.69) is 34.6 Å². The van der Waals surface area contributed by atoms with Crippen molar-refractivity contribution in [1.29, 1.82) is 0 Å². The molecule has 28 heavy (non-hydrogen) atoms. The lowest BCUT2D eigenvalue weighted by Gasteiger charge is -2.35. The zero-order chi connectivity index (χ0) is 20.3. The third kappa shape index (κ3) is 4.79. The number of halogens is 3. The number of carbonyl (C=O) groups excluding carboxylic acids is 1. The smallest absolute Gasteiger partial charge is 0.350 e. The molecule has 3 heterocycles. The van der Waals surface area contributed by atoms with Gasteiger partial charge in [0.15, 0.2) is 5.65 Å². The highest BCUT2D eigenvalue weighted by Crippen LogP contribution is 2.25. The van der Waals surface area contributed by atoms with Crippen molar-refractivity contribution < 1.29 is 18.0 Å². The van der Waals surface area contributed by atoms with Crippen LogP contribution in [0.2, 0.25) is 0 Å². The van der Waals surface area contributed by atoms with Gasteiger partial charge in [-0.05, 0) is 12.0 Å². The molecule has 0 aliphatic carbocycles. The van der Waals surface area contributed by atoms with Crippen molar-refractivity contribution in [3.63, 3.8) is 0 Å². The minimum Gasteiger partial charge on any atom is -0.350 e. The van der Waals surface area contributed by atoms with Crippen molar-refractivity contribution in [3.8, 4) is 0 Å². The number of carbonyl (C=O) groups is 1. The Morgan fingerprint density at radius 1 is 1.29 bits per heavy atom. The number of piperazine rings is 1. The quantitative estimate of drug-likeness (QED) is 0.774. The number of pyridine rings is 1. The Labute approximate surface area is 161 Å². The molecule has 0 aromatic carbocycles. The van der Waals surface area contributed by atoms with E-state index in [1.807, 2.05) is 0 Å². The lowest BCUT2D eigenvalue weighted by Crippen LogP contribution is -2.57. The van der Waals surface area contributed by atoms with Crippen LogP contribution in [0.1, 0.15) is 24.2 Å². The minimum atomic E-state index is -4.41. The summed E-state index contributed by atoms with van der Waals surface area (Å²) < 4.78 is 42.1. The van der Waals surface area contributed by atoms with Crippen LogP contribution in [0, 0.1) is 5.92 Å². The van der Waals surface area contributed by atoms with Crippen LogP contribution >= 0.6 is 0 Å². The van der Waals surface area contributed by atoms with Gasteiger partial charge in [0, 0.05) is 50.9 Å². The van der Waals surface area contributed by atoms with Crippen LogP contribution in [0.5, 0.6) is 0 Å². The molecule has 1 fully saturated rings. The van der Waals surface area contributed by atoms with Crippen molar-refractivity contribution in [2.24, 2.45) is 5.92 Å². The second-order valence-corrected chi connectivity index (χ2v) is 7.41. The molecule has 1 unspecified atom stereocenters. The van der Waals surface area contributed by atoms with Crippen LogP contribution in [-0.2, 0) is 6.54 Å². The Bertz CT molecular complexity index is 813. The van der Waals surface area contributed by atoms with Crippen LogP contribution in [0.15, 0.2) is 18.5 Å². The van der Waals surface area contributed by atoms with Crippen LogP contribution in [0.3, 0.4) is 0 Å². The van der Waals surface area contributed by atoms with E-state index < -0.39 is 24.7 Å². The number of hydrogen-bond donors (Lipinski definition) is 2. The molecule has 154 valence electrons. The van der Waals surface area contributed by atoms with Gasteiger partial charge in [-0.1, -0.05) is 13.8 Å². The minimum absolute atomic E-state index is 0.220. The van der Waals surface area contributed by atoms with Gasteiger partial charge in [0.1, 0.15) is 6.04 Å². The lowest BCUT2D eigenvalue weighted by molar-refractivity contribution is -0.183. The van der Waals surface area contributed by atoms with Gasteiger partial charge in [0.2, 0.25) is 0 Å². The molecule has 2 N–H and O–H groups in total. The summed E-state index contributed by atoms with van der Waals surface area (Å²) in [4.78, 5) is 18.0. The van der Waals surface area contributed by atoms with Crippen molar-refractivity contribution in [1.82, 2.24) is 30.3 Å². The fourth-order valence-electron chi connectivity index (χ4n) is 3.31. The molecule has 0 spiro atoms. The van der Waals surface area contributed by atoms with Gasteiger partial charge in [0.25, 0.3) is 5.91 Å². The number of nitrogens with one attached hydrogen (secondary N) is 2. The summed E-state index contributed by atoms with van der Waals surface area (Å²) in [6.45, 7) is 5.91. The topological polar surface area (TPSA) is 75.1 Å². The summed E-state index contributed by atoms with van der Waals surface area (Å²) in [6.07, 6.45) is -1.42. The maximum Gasteiger partial charge on any atom is 0.405 e. The molecule has 7 nitrogen and oxygen atoms in total. The predicted octanol–water partition coefficient (Wildman–Crippen LogP) is 1.65. The third-order valence-electron chi connectivity index (χ3n) is 4.70. The fraction of sp³-hybridized carbons (Fsp3) is 0.611. The standard InChI is InChI=1S/C18H25F3N6O/c1-12(2)11-27-16-13(9-25-27)7-14(8-23-16)17(28)24-10-15(18(19,20)21)26-5-3-22-4-6-26/h7-9,12,15,22H,3-6,10-11H2,1-2H3,(H,24,28). The molecule has 3 rings (SSSR count). The molecule has 1 aliphatic rings. The van der Waals surface area contributed by atoms with Crippen molar-refractivity contribution in [2.75, 3.05) is 32.7 Å². The zero-order valence-electron chi connectivity index (χ0n) is 16.0. The van der Waals surface area contributed by atoms with Crippen LogP contribution in [-0.4, -0.2) is 70.5 Å². The second kappa shape index (κ2) is 8.44. The summed E-state index contributed by atoms with van der Waals surface area (Å²) in [7, 11) is 0. The van der Waals surface area contributed by atoms with E-state index >= 15 is 0 Å². The Hall–Kier alpha value is -2.20. The summed E-state index contributed by atoms with van der Waals surface area (Å²) in [6, 6.07) is -0.0985. The van der Waals surface area contributed by atoms with E-state index in [4.69, 9.17) is 0 Å². The summed E-state index contributed by atoms with van der Waals surface area (Å²) in [5, 5.41) is 10.4. The van der Waals surface area contributed by atoms with E-state index in [0.29, 0.717) is 49.7 Å². The largest absolute Gasteiger partial charge is 0.405 e. The molecule has 1 amide bonds. The molecule has 1 saturated heterocycles. The van der Waals surface area contributed by atoms with Gasteiger partial charge >= 0.3 is 6.18 Å². The Balaban J connectivity index is 1.69. The maximum atomic E-state index is 13.4. The average molecular weight is 398 g/mol. The Kier molecular flexibility index (Phi) is 6.19. The number of fused-ring (bicyclic) bond motifs is 1. The number of amides is 1. The van der Waals surface area contributed by atoms with E-state index in [9.17, 15) is 18.0 Å². The van der Waals surface area contributed by atoms with E-state index in [-0.39, 0.29) is 5.56 Å². The van der Waals surface area contributed by atoms with Gasteiger partial charge < -0.3 is 10.6 Å². The molecule has 2 aromatic rings. The normalized spacial score (nSPS) is 17.2. The van der Waals surface area contributed by atoms with E-state index in [0.717, 1.165) is 0 Å². The fourth-order valence-corrected chi connectivity index (χ4v) is 3.31. The van der Waals surface area contributed by atoms with Crippen molar-refractivity contribution in [3.05, 3.63) is 24.0 Å². The highest BCUT2D eigenvalue weighted by Gasteiger charge is 2.43. The molecule has 10 heteroatoms. The van der Waals surface area contributed by atoms with Crippen LogP contribution in [0.25, 0.3) is 11.0 Å². The van der Waals surface area contributed by atoms with Gasteiger partial charge in [-0.2, -0.15) is 18.3 Å². The van der Waals surface area contributed by atoms with Gasteiger partial charge in [0.05, 0.1) is 11.8 Å². The first-order valence-corrected chi connectivity index (χ1v) is 9.37. The first-order valence-electron chi connectivity index (χ1n) is 9.37. The lowest BCUT2D eigenvalue weighted by atomic mass is 10.2. The third-order valence-corrected chi connectivity index (χ3v) is 4.70. The van der Waals surface area contributed by atoms with Gasteiger partial charge in [-0.15, -0.1) is 0 Å². The summed E-state index contributed by atoms with van der Waals surface area (Å²) in [5.41, 5.74) is 0.872. The van der Waals surface area contributed by atoms with Gasteiger partial charge in [-0.25, -0.2) is 9.67 Å². The summed E-state index contributed by atoms with van der Waals surface area (Å²) >= 11 is 0. The van der Waals surface area contributed by atoms with Crippen molar-refractivity contribution in [2.45, 2.75) is 32.6 Å². The Morgan fingerprint density at radius 3 is 2.64 bits per heavy atom. The zero-order valence-corrected chi connectivity index (χ0v) is 16.0. The first kappa shape index (κ1) is 20.5. The van der Waals surface area contributed by atoms with E-state index in [1.54, 1.807) is 16.9 Å². The number of aromatic nitrogens is 3. The number of nitrogens with zero attached hydrogens (tertiary/aromatic N) is 4.